The van der Waals surface area contributed by atoms with Crippen molar-refractivity contribution in [3.63, 3.8) is 0 Å². The number of imide groups is 2. The summed E-state index contributed by atoms with van der Waals surface area (Å²) in [4.78, 5) is 62.6. The van der Waals surface area contributed by atoms with Crippen LogP contribution in [-0.2, 0) is 14.4 Å². The summed E-state index contributed by atoms with van der Waals surface area (Å²) in [7, 11) is 0. The second-order valence-corrected chi connectivity index (χ2v) is 7.36. The zero-order valence-corrected chi connectivity index (χ0v) is 15.9. The molecule has 28 heavy (non-hydrogen) atoms. The monoisotopic (exact) mass is 385 g/mol. The fourth-order valence-electron chi connectivity index (χ4n) is 3.77. The maximum absolute atomic E-state index is 12.7. The zero-order valence-electron chi connectivity index (χ0n) is 15.9. The molecule has 1 saturated heterocycles. The van der Waals surface area contributed by atoms with Crippen LogP contribution in [0.2, 0.25) is 0 Å². The molecular formula is C20H23N3O5. The van der Waals surface area contributed by atoms with E-state index in [4.69, 9.17) is 0 Å². The minimum atomic E-state index is -0.968. The summed E-state index contributed by atoms with van der Waals surface area (Å²) in [5, 5.41) is 2.57. The smallest absolute Gasteiger partial charge is 0.325 e. The first kappa shape index (κ1) is 19.7. The minimum absolute atomic E-state index is 0.0957. The highest BCUT2D eigenvalue weighted by atomic mass is 16.2. The number of Topliss-reactive ketones (excluding diaryl/α,β-unsaturated/α-hetero) is 1. The molecule has 0 unspecified atom stereocenters. The van der Waals surface area contributed by atoms with E-state index >= 15 is 0 Å². The van der Waals surface area contributed by atoms with Gasteiger partial charge in [-0.05, 0) is 49.9 Å². The number of carbonyl (C=O) groups is 5. The van der Waals surface area contributed by atoms with E-state index in [1.54, 1.807) is 24.3 Å². The Labute approximate surface area is 162 Å². The van der Waals surface area contributed by atoms with Gasteiger partial charge in [0, 0.05) is 17.3 Å². The van der Waals surface area contributed by atoms with Gasteiger partial charge >= 0.3 is 17.8 Å². The van der Waals surface area contributed by atoms with Crippen molar-refractivity contribution < 1.29 is 24.0 Å². The molecule has 1 aliphatic carbocycles. The minimum Gasteiger partial charge on any atom is -0.325 e. The van der Waals surface area contributed by atoms with E-state index in [1.807, 2.05) is 6.92 Å². The first-order valence-corrected chi connectivity index (χ1v) is 9.39. The molecule has 8 heteroatoms. The lowest BCUT2D eigenvalue weighted by Crippen LogP contribution is -2.46. The predicted octanol–water partition coefficient (Wildman–Crippen LogP) is 2.20. The van der Waals surface area contributed by atoms with Crippen molar-refractivity contribution in [2.45, 2.75) is 45.6 Å². The Balaban J connectivity index is 1.67. The molecule has 0 radical (unpaired) electrons. The molecule has 1 aromatic carbocycles. The lowest BCUT2D eigenvalue weighted by Gasteiger charge is -2.34. The van der Waals surface area contributed by atoms with Crippen LogP contribution >= 0.6 is 0 Å². The molecule has 1 N–H and O–H groups in total. The standard InChI is InChI=1S/C20H23N3O5/c1-12-5-3-4-6-16(12)23-19(27)18(26)22(20(23)28)11-17(25)21-15-9-7-14(8-10-15)13(2)24/h7-10,12,16H,3-6,11H2,1-2H3,(H,21,25)/t12-,16+/m0/s1. The summed E-state index contributed by atoms with van der Waals surface area (Å²) >= 11 is 0. The molecule has 8 nitrogen and oxygen atoms in total. The molecule has 3 rings (SSSR count). The summed E-state index contributed by atoms with van der Waals surface area (Å²) in [6.45, 7) is 2.87. The molecule has 0 spiro atoms. The van der Waals surface area contributed by atoms with Crippen molar-refractivity contribution in [1.82, 2.24) is 9.80 Å². The lowest BCUT2D eigenvalue weighted by atomic mass is 9.85. The van der Waals surface area contributed by atoms with E-state index in [1.165, 1.54) is 6.92 Å². The van der Waals surface area contributed by atoms with E-state index in [0.717, 1.165) is 24.2 Å². The largest absolute Gasteiger partial charge is 0.334 e. The van der Waals surface area contributed by atoms with Crippen LogP contribution < -0.4 is 5.32 Å². The van der Waals surface area contributed by atoms with Gasteiger partial charge in [-0.2, -0.15) is 0 Å². The molecule has 0 aromatic heterocycles. The molecule has 1 saturated carbocycles. The Kier molecular flexibility index (Phi) is 5.58. The normalized spacial score (nSPS) is 22.6. The summed E-state index contributed by atoms with van der Waals surface area (Å²) in [5.41, 5.74) is 0.934. The number of ketones is 1. The van der Waals surface area contributed by atoms with Gasteiger partial charge in [0.2, 0.25) is 5.91 Å². The third-order valence-corrected chi connectivity index (χ3v) is 5.36. The van der Waals surface area contributed by atoms with Crippen molar-refractivity contribution in [3.8, 4) is 0 Å². The molecule has 1 aliphatic heterocycles. The van der Waals surface area contributed by atoms with Crippen molar-refractivity contribution >= 4 is 35.2 Å². The van der Waals surface area contributed by atoms with E-state index in [2.05, 4.69) is 5.32 Å². The Morgan fingerprint density at radius 3 is 2.29 bits per heavy atom. The van der Waals surface area contributed by atoms with Gasteiger partial charge in [-0.25, -0.2) is 9.69 Å². The van der Waals surface area contributed by atoms with E-state index in [-0.39, 0.29) is 17.7 Å². The Bertz CT molecular complexity index is 833. The van der Waals surface area contributed by atoms with Gasteiger partial charge in [0.1, 0.15) is 6.54 Å². The number of nitrogens with zero attached hydrogens (tertiary/aromatic N) is 2. The van der Waals surface area contributed by atoms with Gasteiger partial charge in [-0.1, -0.05) is 19.8 Å². The molecule has 2 fully saturated rings. The summed E-state index contributed by atoms with van der Waals surface area (Å²) in [5.74, 6) is -2.39. The van der Waals surface area contributed by atoms with Gasteiger partial charge in [0.15, 0.2) is 5.78 Å². The molecule has 1 aromatic rings. The van der Waals surface area contributed by atoms with Crippen molar-refractivity contribution in [3.05, 3.63) is 29.8 Å². The highest BCUT2D eigenvalue weighted by Gasteiger charge is 2.49. The number of hydrogen-bond acceptors (Lipinski definition) is 5. The topological polar surface area (TPSA) is 104 Å². The van der Waals surface area contributed by atoms with Crippen LogP contribution in [0.1, 0.15) is 49.9 Å². The van der Waals surface area contributed by atoms with Crippen LogP contribution in [0.4, 0.5) is 10.5 Å². The highest BCUT2D eigenvalue weighted by Crippen LogP contribution is 2.31. The Morgan fingerprint density at radius 2 is 1.68 bits per heavy atom. The van der Waals surface area contributed by atoms with Crippen molar-refractivity contribution in [1.29, 1.82) is 0 Å². The maximum atomic E-state index is 12.7. The van der Waals surface area contributed by atoms with Crippen LogP contribution in [0.25, 0.3) is 0 Å². The number of anilines is 1. The number of rotatable bonds is 5. The zero-order chi connectivity index (χ0) is 20.4. The molecule has 2 atom stereocenters. The number of hydrogen-bond donors (Lipinski definition) is 1. The van der Waals surface area contributed by atoms with E-state index in [9.17, 15) is 24.0 Å². The Hall–Kier alpha value is -3.03. The van der Waals surface area contributed by atoms with Gasteiger partial charge in [0.25, 0.3) is 0 Å². The maximum Gasteiger partial charge on any atom is 0.334 e. The summed E-state index contributed by atoms with van der Waals surface area (Å²) < 4.78 is 0. The fraction of sp³-hybridized carbons (Fsp3) is 0.450. The second-order valence-electron chi connectivity index (χ2n) is 7.36. The molecular weight excluding hydrogens is 362 g/mol. The Morgan fingerprint density at radius 1 is 1.04 bits per heavy atom. The molecule has 148 valence electrons. The van der Waals surface area contributed by atoms with Gasteiger partial charge in [-0.3, -0.25) is 24.1 Å². The van der Waals surface area contributed by atoms with Crippen molar-refractivity contribution in [2.24, 2.45) is 5.92 Å². The number of amides is 5. The van der Waals surface area contributed by atoms with Crippen LogP contribution in [-0.4, -0.2) is 51.9 Å². The van der Waals surface area contributed by atoms with Gasteiger partial charge < -0.3 is 5.32 Å². The number of benzene rings is 1. The van der Waals surface area contributed by atoms with Crippen LogP contribution in [0.15, 0.2) is 24.3 Å². The van der Waals surface area contributed by atoms with Crippen LogP contribution in [0, 0.1) is 5.92 Å². The average Bonchev–Trinajstić information content (AvgIpc) is 2.86. The summed E-state index contributed by atoms with van der Waals surface area (Å²) in [6.07, 6.45) is 3.51. The van der Waals surface area contributed by atoms with Crippen molar-refractivity contribution in [2.75, 3.05) is 11.9 Å². The predicted molar refractivity (Wildman–Crippen MR) is 100 cm³/mol. The average molecular weight is 385 g/mol. The van der Waals surface area contributed by atoms with Gasteiger partial charge in [-0.15, -0.1) is 0 Å². The highest BCUT2D eigenvalue weighted by molar-refractivity contribution is 6.45. The molecule has 0 bridgehead atoms. The van der Waals surface area contributed by atoms with Gasteiger partial charge in [0.05, 0.1) is 0 Å². The second kappa shape index (κ2) is 7.92. The SMILES string of the molecule is CC(=O)c1ccc(NC(=O)CN2C(=O)C(=O)N([C@@H]3CCCC[C@@H]3C)C2=O)cc1. The number of nitrogens with one attached hydrogen (secondary N) is 1. The van der Waals surface area contributed by atoms with E-state index in [0.29, 0.717) is 22.6 Å². The molecule has 2 aliphatic rings. The first-order valence-electron chi connectivity index (χ1n) is 9.39. The first-order chi connectivity index (χ1) is 13.3. The summed E-state index contributed by atoms with van der Waals surface area (Å²) in [6, 6.07) is 5.23. The third-order valence-electron chi connectivity index (χ3n) is 5.36. The fourth-order valence-corrected chi connectivity index (χ4v) is 3.77. The number of urea groups is 1. The van der Waals surface area contributed by atoms with Crippen LogP contribution in [0.3, 0.4) is 0 Å². The third kappa shape index (κ3) is 3.81. The van der Waals surface area contributed by atoms with E-state index < -0.39 is 30.3 Å². The number of carbonyl (C=O) groups excluding carboxylic acids is 5. The quantitative estimate of drug-likeness (QED) is 0.475. The molecule has 5 amide bonds. The van der Waals surface area contributed by atoms with Crippen LogP contribution in [0.5, 0.6) is 0 Å². The lowest BCUT2D eigenvalue weighted by molar-refractivity contribution is -0.145. The molecule has 1 heterocycles.